The number of unbranched alkanes of at least 4 members (excludes halogenated alkanes) is 1. The molecule has 1 aromatic heterocycles. The van der Waals surface area contributed by atoms with Crippen LogP contribution < -0.4 is 5.73 Å². The van der Waals surface area contributed by atoms with E-state index in [2.05, 4.69) is 11.9 Å². The molecule has 1 aromatic carbocycles. The van der Waals surface area contributed by atoms with Gasteiger partial charge < -0.3 is 10.2 Å². The van der Waals surface area contributed by atoms with E-state index in [0.29, 0.717) is 0 Å². The van der Waals surface area contributed by atoms with Gasteiger partial charge in [0, 0.05) is 12.0 Å². The molecule has 3 nitrogen and oxygen atoms in total. The average molecular weight is 216 g/mol. The highest BCUT2D eigenvalue weighted by atomic mass is 16.4. The Morgan fingerprint density at radius 2 is 2.00 bits per heavy atom. The first kappa shape index (κ1) is 10.7. The number of hydrogen-bond acceptors (Lipinski definition) is 3. The van der Waals surface area contributed by atoms with E-state index in [-0.39, 0.29) is 6.01 Å². The number of nitrogens with zero attached hydrogens (tertiary/aromatic N) is 1. The molecule has 0 unspecified atom stereocenters. The van der Waals surface area contributed by atoms with Gasteiger partial charge in [-0.25, -0.2) is 0 Å². The lowest BCUT2D eigenvalue weighted by Gasteiger charge is -1.99. The van der Waals surface area contributed by atoms with Gasteiger partial charge in [0.15, 0.2) is 0 Å². The van der Waals surface area contributed by atoms with E-state index in [4.69, 9.17) is 10.2 Å². The zero-order valence-electron chi connectivity index (χ0n) is 9.44. The Balaban J connectivity index is 2.33. The quantitative estimate of drug-likeness (QED) is 0.853. The fraction of sp³-hybridized carbons (Fsp3) is 0.308. The minimum absolute atomic E-state index is 0.255. The molecule has 0 atom stereocenters. The second kappa shape index (κ2) is 4.84. The average Bonchev–Trinajstić information content (AvgIpc) is 2.69. The van der Waals surface area contributed by atoms with Crippen LogP contribution >= 0.6 is 0 Å². The number of oxazole rings is 1. The Labute approximate surface area is 95.3 Å². The lowest BCUT2D eigenvalue weighted by Crippen LogP contribution is -1.87. The molecule has 0 fully saturated rings. The van der Waals surface area contributed by atoms with Crippen LogP contribution in [0.3, 0.4) is 0 Å². The van der Waals surface area contributed by atoms with Gasteiger partial charge in [0.2, 0.25) is 0 Å². The topological polar surface area (TPSA) is 52.0 Å². The van der Waals surface area contributed by atoms with Gasteiger partial charge in [0.25, 0.3) is 6.01 Å². The number of nitrogen functional groups attached to an aromatic ring is 1. The number of nitrogens with two attached hydrogens (primary N) is 1. The van der Waals surface area contributed by atoms with E-state index < -0.39 is 0 Å². The first-order valence-corrected chi connectivity index (χ1v) is 5.62. The summed E-state index contributed by atoms with van der Waals surface area (Å²) in [6, 6.07) is 10.3. The first-order valence-electron chi connectivity index (χ1n) is 5.62. The van der Waals surface area contributed by atoms with Gasteiger partial charge >= 0.3 is 0 Å². The third-order valence-electron chi connectivity index (χ3n) is 2.52. The number of rotatable bonds is 4. The van der Waals surface area contributed by atoms with Crippen molar-refractivity contribution in [3.05, 3.63) is 36.1 Å². The number of benzene rings is 1. The molecule has 0 saturated heterocycles. The summed E-state index contributed by atoms with van der Waals surface area (Å²) in [7, 11) is 0. The maximum atomic E-state index is 5.61. The molecule has 3 heteroatoms. The van der Waals surface area contributed by atoms with Crippen molar-refractivity contribution in [2.45, 2.75) is 26.2 Å². The van der Waals surface area contributed by atoms with Crippen LogP contribution in [0.15, 0.2) is 34.7 Å². The standard InChI is InChI=1S/C13H16N2O/c1-2-3-9-11-12(15-13(14)16-11)10-7-5-4-6-8-10/h4-8H,2-3,9H2,1H3,(H2,14,15). The van der Waals surface area contributed by atoms with Crippen LogP contribution in [-0.4, -0.2) is 4.98 Å². The van der Waals surface area contributed by atoms with Gasteiger partial charge in [0.1, 0.15) is 11.5 Å². The Hall–Kier alpha value is -1.77. The zero-order valence-corrected chi connectivity index (χ0v) is 9.44. The molecule has 2 aromatic rings. The maximum absolute atomic E-state index is 5.61. The van der Waals surface area contributed by atoms with Gasteiger partial charge in [0.05, 0.1) is 0 Å². The van der Waals surface area contributed by atoms with Gasteiger partial charge in [-0.1, -0.05) is 43.7 Å². The van der Waals surface area contributed by atoms with E-state index in [1.54, 1.807) is 0 Å². The monoisotopic (exact) mass is 216 g/mol. The van der Waals surface area contributed by atoms with Crippen molar-refractivity contribution < 1.29 is 4.42 Å². The third kappa shape index (κ3) is 2.24. The molecular weight excluding hydrogens is 200 g/mol. The van der Waals surface area contributed by atoms with Crippen LogP contribution in [0, 0.1) is 0 Å². The number of aromatic nitrogens is 1. The highest BCUT2D eigenvalue weighted by Crippen LogP contribution is 2.26. The second-order valence-corrected chi connectivity index (χ2v) is 3.79. The summed E-state index contributed by atoms with van der Waals surface area (Å²) >= 11 is 0. The lowest BCUT2D eigenvalue weighted by molar-refractivity contribution is 0.514. The molecule has 0 aliphatic carbocycles. The van der Waals surface area contributed by atoms with Crippen molar-refractivity contribution in [1.29, 1.82) is 0 Å². The van der Waals surface area contributed by atoms with Crippen molar-refractivity contribution >= 4 is 6.01 Å². The highest BCUT2D eigenvalue weighted by molar-refractivity contribution is 5.62. The molecule has 0 aliphatic rings. The summed E-state index contributed by atoms with van der Waals surface area (Å²) in [6.45, 7) is 2.15. The zero-order chi connectivity index (χ0) is 11.4. The second-order valence-electron chi connectivity index (χ2n) is 3.79. The van der Waals surface area contributed by atoms with Crippen molar-refractivity contribution in [2.75, 3.05) is 5.73 Å². The SMILES string of the molecule is CCCCc1oc(N)nc1-c1ccccc1. The van der Waals surface area contributed by atoms with Gasteiger partial charge in [-0.05, 0) is 6.42 Å². The summed E-state index contributed by atoms with van der Waals surface area (Å²) in [5.41, 5.74) is 7.56. The van der Waals surface area contributed by atoms with E-state index in [1.807, 2.05) is 30.3 Å². The number of hydrogen-bond donors (Lipinski definition) is 1. The Kier molecular flexibility index (Phi) is 3.25. The first-order chi connectivity index (χ1) is 7.81. The molecular formula is C13H16N2O. The van der Waals surface area contributed by atoms with Crippen molar-refractivity contribution in [3.8, 4) is 11.3 Å². The fourth-order valence-electron chi connectivity index (χ4n) is 1.70. The molecule has 0 bridgehead atoms. The minimum Gasteiger partial charge on any atom is -0.428 e. The molecule has 84 valence electrons. The molecule has 16 heavy (non-hydrogen) atoms. The smallest absolute Gasteiger partial charge is 0.292 e. The van der Waals surface area contributed by atoms with E-state index >= 15 is 0 Å². The van der Waals surface area contributed by atoms with E-state index in [9.17, 15) is 0 Å². The molecule has 0 radical (unpaired) electrons. The summed E-state index contributed by atoms with van der Waals surface area (Å²) in [5, 5.41) is 0. The molecule has 1 heterocycles. The third-order valence-corrected chi connectivity index (χ3v) is 2.52. The fourth-order valence-corrected chi connectivity index (χ4v) is 1.70. The summed E-state index contributed by atoms with van der Waals surface area (Å²) in [6.07, 6.45) is 3.12. The van der Waals surface area contributed by atoms with Crippen LogP contribution in [0.1, 0.15) is 25.5 Å². The van der Waals surface area contributed by atoms with Crippen LogP contribution in [0.4, 0.5) is 6.01 Å². The lowest BCUT2D eigenvalue weighted by atomic mass is 10.1. The summed E-state index contributed by atoms with van der Waals surface area (Å²) in [4.78, 5) is 4.24. The van der Waals surface area contributed by atoms with Crippen LogP contribution in [0.2, 0.25) is 0 Å². The van der Waals surface area contributed by atoms with Crippen LogP contribution in [0.5, 0.6) is 0 Å². The molecule has 0 amide bonds. The predicted molar refractivity (Wildman–Crippen MR) is 65.0 cm³/mol. The Bertz CT molecular complexity index is 448. The molecule has 0 spiro atoms. The maximum Gasteiger partial charge on any atom is 0.292 e. The van der Waals surface area contributed by atoms with Crippen LogP contribution in [-0.2, 0) is 6.42 Å². The normalized spacial score (nSPS) is 10.6. The molecule has 2 rings (SSSR count). The van der Waals surface area contributed by atoms with Crippen LogP contribution in [0.25, 0.3) is 11.3 Å². The Morgan fingerprint density at radius 3 is 2.69 bits per heavy atom. The molecule has 2 N–H and O–H groups in total. The summed E-state index contributed by atoms with van der Waals surface area (Å²) < 4.78 is 5.44. The number of aryl methyl sites for hydroxylation is 1. The van der Waals surface area contributed by atoms with E-state index in [0.717, 1.165) is 36.3 Å². The van der Waals surface area contributed by atoms with Gasteiger partial charge in [-0.2, -0.15) is 4.98 Å². The van der Waals surface area contributed by atoms with E-state index in [1.165, 1.54) is 0 Å². The highest BCUT2D eigenvalue weighted by Gasteiger charge is 2.12. The number of anilines is 1. The largest absolute Gasteiger partial charge is 0.428 e. The molecule has 0 saturated carbocycles. The van der Waals surface area contributed by atoms with Crippen molar-refractivity contribution in [3.63, 3.8) is 0 Å². The van der Waals surface area contributed by atoms with Crippen molar-refractivity contribution in [1.82, 2.24) is 4.98 Å². The minimum atomic E-state index is 0.255. The van der Waals surface area contributed by atoms with Gasteiger partial charge in [-0.3, -0.25) is 0 Å². The molecule has 0 aliphatic heterocycles. The Morgan fingerprint density at radius 1 is 1.25 bits per heavy atom. The summed E-state index contributed by atoms with van der Waals surface area (Å²) in [5.74, 6) is 0.894. The predicted octanol–water partition coefficient (Wildman–Crippen LogP) is 3.27. The van der Waals surface area contributed by atoms with Crippen molar-refractivity contribution in [2.24, 2.45) is 0 Å². The van der Waals surface area contributed by atoms with Gasteiger partial charge in [-0.15, -0.1) is 0 Å².